The Morgan fingerprint density at radius 1 is 1.21 bits per heavy atom. The summed E-state index contributed by atoms with van der Waals surface area (Å²) in [4.78, 5) is 38.0. The van der Waals surface area contributed by atoms with Crippen LogP contribution in [0.1, 0.15) is 29.8 Å². The summed E-state index contributed by atoms with van der Waals surface area (Å²) in [5.41, 5.74) is 0.387. The zero-order valence-electron chi connectivity index (χ0n) is 20.2. The van der Waals surface area contributed by atoms with Crippen molar-refractivity contribution in [2.24, 2.45) is 5.92 Å². The fourth-order valence-corrected chi connectivity index (χ4v) is 4.69. The molecule has 3 atom stereocenters. The van der Waals surface area contributed by atoms with E-state index in [9.17, 15) is 27.9 Å². The van der Waals surface area contributed by atoms with Crippen molar-refractivity contribution in [3.8, 4) is 5.75 Å². The van der Waals surface area contributed by atoms with Crippen LogP contribution in [0.3, 0.4) is 0 Å². The number of aliphatic hydroxyl groups excluding tert-OH is 2. The number of aromatic nitrogens is 2. The number of ether oxygens (including phenoxy) is 1. The molecule has 204 valence electrons. The highest BCUT2D eigenvalue weighted by Crippen LogP contribution is 2.41. The highest BCUT2D eigenvalue weighted by molar-refractivity contribution is 6.05. The topological polar surface area (TPSA) is 140 Å². The quantitative estimate of drug-likeness (QED) is 0.401. The number of urea groups is 1. The Bertz CT molecular complexity index is 1210. The first-order valence-electron chi connectivity index (χ1n) is 12.3. The highest BCUT2D eigenvalue weighted by atomic mass is 19.4. The van der Waals surface area contributed by atoms with Crippen LogP contribution in [0.4, 0.5) is 35.3 Å². The molecule has 4 N–H and O–H groups in total. The van der Waals surface area contributed by atoms with Gasteiger partial charge in [-0.15, -0.1) is 0 Å². The van der Waals surface area contributed by atoms with Crippen LogP contribution in [0, 0.1) is 5.92 Å². The molecule has 4 heterocycles. The minimum Gasteiger partial charge on any atom is -0.491 e. The second-order valence-electron chi connectivity index (χ2n) is 9.58. The van der Waals surface area contributed by atoms with E-state index in [2.05, 4.69) is 20.6 Å². The number of carbonyl (C=O) groups is 2. The number of nitrogens with zero attached hydrogens (tertiary/aromatic N) is 4. The van der Waals surface area contributed by atoms with Crippen molar-refractivity contribution in [3.63, 3.8) is 0 Å². The fourth-order valence-electron chi connectivity index (χ4n) is 4.69. The third-order valence-electron chi connectivity index (χ3n) is 6.76. The Labute approximate surface area is 215 Å². The van der Waals surface area contributed by atoms with Gasteiger partial charge in [0.05, 0.1) is 18.3 Å². The van der Waals surface area contributed by atoms with Gasteiger partial charge in [0.25, 0.3) is 5.91 Å². The molecule has 3 amide bonds. The first-order chi connectivity index (χ1) is 18.1. The van der Waals surface area contributed by atoms with E-state index in [-0.39, 0.29) is 30.0 Å². The molecule has 11 nitrogen and oxygen atoms in total. The summed E-state index contributed by atoms with van der Waals surface area (Å²) in [5, 5.41) is 23.2. The maximum absolute atomic E-state index is 13.4. The van der Waals surface area contributed by atoms with Crippen molar-refractivity contribution in [3.05, 3.63) is 36.2 Å². The van der Waals surface area contributed by atoms with Crippen molar-refractivity contribution in [1.82, 2.24) is 15.3 Å². The molecule has 0 spiro atoms. The summed E-state index contributed by atoms with van der Waals surface area (Å²) in [6, 6.07) is 3.15. The Morgan fingerprint density at radius 3 is 2.71 bits per heavy atom. The summed E-state index contributed by atoms with van der Waals surface area (Å²) >= 11 is 0. The summed E-state index contributed by atoms with van der Waals surface area (Å²) in [7, 11) is 0. The lowest BCUT2D eigenvalue weighted by molar-refractivity contribution is -0.158. The van der Waals surface area contributed by atoms with Gasteiger partial charge >= 0.3 is 12.2 Å². The second-order valence-corrected chi connectivity index (χ2v) is 9.58. The number of alkyl halides is 3. The Kier molecular flexibility index (Phi) is 7.01. The maximum atomic E-state index is 13.4. The zero-order valence-corrected chi connectivity index (χ0v) is 20.2. The van der Waals surface area contributed by atoms with Crippen LogP contribution >= 0.6 is 0 Å². The number of amides is 3. The van der Waals surface area contributed by atoms with Gasteiger partial charge in [-0.05, 0) is 43.4 Å². The number of hydrogen-bond donors (Lipinski definition) is 4. The average Bonchev–Trinajstić information content (AvgIpc) is 3.64. The fraction of sp³-hybridized carbons (Fsp3) is 0.500. The van der Waals surface area contributed by atoms with Crippen molar-refractivity contribution in [1.29, 1.82) is 0 Å². The van der Waals surface area contributed by atoms with Gasteiger partial charge in [0.15, 0.2) is 5.82 Å². The van der Waals surface area contributed by atoms with Crippen LogP contribution < -0.4 is 25.2 Å². The molecule has 2 aromatic heterocycles. The van der Waals surface area contributed by atoms with Crippen LogP contribution in [0.2, 0.25) is 0 Å². The minimum absolute atomic E-state index is 0.152. The first-order valence-corrected chi connectivity index (χ1v) is 12.3. The van der Waals surface area contributed by atoms with E-state index in [0.29, 0.717) is 43.8 Å². The largest absolute Gasteiger partial charge is 0.491 e. The number of carbonyl (C=O) groups excluding carboxylic acids is 2. The van der Waals surface area contributed by atoms with Crippen LogP contribution in [0.5, 0.6) is 5.75 Å². The van der Waals surface area contributed by atoms with Gasteiger partial charge in [-0.25, -0.2) is 14.8 Å². The standard InChI is InChI=1S/C24H27F3N6O5/c25-24(26,27)20(13-1-2-13)31-22(36)17-3-4-18-21(29-17)33(14-6-8-32(18)10-14)23(37)30-19-9-16(5-7-28-19)38-12-15(35)11-34/h3-5,7,9,13-15,20,34-35H,1-2,6,8,10-12H2,(H,31,36)(H,28,30,37)/t14-,15+,20+/m0/s1. The van der Waals surface area contributed by atoms with Crippen LogP contribution in [0.25, 0.3) is 0 Å². The summed E-state index contributed by atoms with van der Waals surface area (Å²) in [5.74, 6) is -0.954. The molecule has 2 fully saturated rings. The normalized spacial score (nSPS) is 20.0. The molecule has 1 saturated carbocycles. The number of pyridine rings is 2. The number of anilines is 3. The molecule has 1 saturated heterocycles. The second kappa shape index (κ2) is 10.3. The van der Waals surface area contributed by atoms with Gasteiger partial charge in [-0.3, -0.25) is 15.0 Å². The van der Waals surface area contributed by atoms with E-state index in [1.807, 2.05) is 4.90 Å². The number of aliphatic hydroxyl groups is 2. The van der Waals surface area contributed by atoms with Crippen molar-refractivity contribution >= 4 is 29.3 Å². The maximum Gasteiger partial charge on any atom is 0.408 e. The number of rotatable bonds is 8. The molecular weight excluding hydrogens is 509 g/mol. The van der Waals surface area contributed by atoms with Gasteiger partial charge < -0.3 is 25.2 Å². The van der Waals surface area contributed by atoms with Crippen LogP contribution in [-0.4, -0.2) is 82.8 Å². The molecule has 0 aromatic carbocycles. The first kappa shape index (κ1) is 26.0. The monoisotopic (exact) mass is 536 g/mol. The highest BCUT2D eigenvalue weighted by Gasteiger charge is 2.50. The number of halogens is 3. The molecule has 2 aromatic rings. The van der Waals surface area contributed by atoms with Crippen LogP contribution in [-0.2, 0) is 0 Å². The minimum atomic E-state index is -4.57. The van der Waals surface area contributed by atoms with Gasteiger partial charge in [0.1, 0.15) is 36.0 Å². The summed E-state index contributed by atoms with van der Waals surface area (Å²) in [6.45, 7) is 0.574. The van der Waals surface area contributed by atoms with E-state index >= 15 is 0 Å². The van der Waals surface area contributed by atoms with E-state index in [4.69, 9.17) is 9.84 Å². The van der Waals surface area contributed by atoms with E-state index < -0.39 is 42.8 Å². The van der Waals surface area contributed by atoms with E-state index in [1.54, 1.807) is 6.07 Å². The van der Waals surface area contributed by atoms with E-state index in [0.717, 1.165) is 0 Å². The lowest BCUT2D eigenvalue weighted by atomic mass is 10.1. The molecule has 5 rings (SSSR count). The van der Waals surface area contributed by atoms with E-state index in [1.165, 1.54) is 29.3 Å². The molecule has 14 heteroatoms. The Hall–Kier alpha value is -3.65. The summed E-state index contributed by atoms with van der Waals surface area (Å²) < 4.78 is 45.7. The number of nitrogens with one attached hydrogen (secondary N) is 2. The van der Waals surface area contributed by atoms with Gasteiger partial charge in [-0.2, -0.15) is 13.2 Å². The van der Waals surface area contributed by atoms with Gasteiger partial charge in [0, 0.05) is 25.4 Å². The Balaban J connectivity index is 1.36. The molecule has 0 unspecified atom stereocenters. The predicted molar refractivity (Wildman–Crippen MR) is 129 cm³/mol. The predicted octanol–water partition coefficient (Wildman–Crippen LogP) is 1.91. The van der Waals surface area contributed by atoms with Gasteiger partial charge in [-0.1, -0.05) is 0 Å². The van der Waals surface area contributed by atoms with Gasteiger partial charge in [0.2, 0.25) is 0 Å². The lowest BCUT2D eigenvalue weighted by Gasteiger charge is -2.35. The SMILES string of the molecule is O=C(N[C@H](C1CC1)C(F)(F)F)c1ccc2c(n1)N(C(=O)Nc1cc(OC[C@H](O)CO)ccn1)[C@H]1CCN2C1. The molecule has 2 bridgehead atoms. The smallest absolute Gasteiger partial charge is 0.408 e. The zero-order chi connectivity index (χ0) is 27.0. The molecule has 3 aliphatic rings. The third-order valence-corrected chi connectivity index (χ3v) is 6.76. The number of fused-ring (bicyclic) bond motifs is 4. The third kappa shape index (κ3) is 5.45. The van der Waals surface area contributed by atoms with Crippen LogP contribution in [0.15, 0.2) is 30.5 Å². The average molecular weight is 537 g/mol. The molecule has 38 heavy (non-hydrogen) atoms. The van der Waals surface area contributed by atoms with Crippen molar-refractivity contribution < 1.29 is 37.7 Å². The number of hydrogen-bond acceptors (Lipinski definition) is 8. The van der Waals surface area contributed by atoms with Crippen molar-refractivity contribution in [2.45, 2.75) is 43.6 Å². The van der Waals surface area contributed by atoms with Crippen molar-refractivity contribution in [2.75, 3.05) is 41.4 Å². The molecular formula is C24H27F3N6O5. The molecule has 2 aliphatic heterocycles. The molecule has 1 aliphatic carbocycles. The lowest BCUT2D eigenvalue weighted by Crippen LogP contribution is -2.49. The molecule has 0 radical (unpaired) electrons. The Morgan fingerprint density at radius 2 is 2.00 bits per heavy atom. The summed E-state index contributed by atoms with van der Waals surface area (Å²) in [6.07, 6.45) is -2.80.